The summed E-state index contributed by atoms with van der Waals surface area (Å²) in [5.41, 5.74) is 5.74. The third-order valence-corrected chi connectivity index (χ3v) is 2.26. The lowest BCUT2D eigenvalue weighted by molar-refractivity contribution is 0.545. The smallest absolute Gasteiger partial charge is 0.0940 e. The van der Waals surface area contributed by atoms with Crippen molar-refractivity contribution < 1.29 is 0 Å². The largest absolute Gasteiger partial charge is 0.387 e. The predicted octanol–water partition coefficient (Wildman–Crippen LogP) is 2.25. The van der Waals surface area contributed by atoms with E-state index in [9.17, 15) is 0 Å². The van der Waals surface area contributed by atoms with Crippen LogP contribution < -0.4 is 5.73 Å². The van der Waals surface area contributed by atoms with Crippen molar-refractivity contribution in [1.29, 1.82) is 0 Å². The summed E-state index contributed by atoms with van der Waals surface area (Å²) in [7, 11) is 0. The molecule has 68 valence electrons. The van der Waals surface area contributed by atoms with Crippen LogP contribution in [0, 0.1) is 0 Å². The molecule has 2 nitrogen and oxygen atoms in total. The first kappa shape index (κ1) is 9.30. The van der Waals surface area contributed by atoms with Gasteiger partial charge in [-0.2, -0.15) is 0 Å². The molecule has 1 rings (SSSR count). The maximum absolute atomic E-state index is 5.74. The summed E-state index contributed by atoms with van der Waals surface area (Å²) in [4.78, 5) is 4.45. The van der Waals surface area contributed by atoms with Crippen LogP contribution in [0.4, 0.5) is 0 Å². The zero-order valence-electron chi connectivity index (χ0n) is 7.63. The molecule has 0 saturated carbocycles. The van der Waals surface area contributed by atoms with E-state index in [2.05, 4.69) is 11.6 Å². The fourth-order valence-corrected chi connectivity index (χ4v) is 1.59. The number of hydrogen-bond acceptors (Lipinski definition) is 2. The molecule has 0 aromatic carbocycles. The molecule has 0 radical (unpaired) electrons. The van der Waals surface area contributed by atoms with Gasteiger partial charge in [0.15, 0.2) is 0 Å². The van der Waals surface area contributed by atoms with Gasteiger partial charge in [-0.1, -0.05) is 18.9 Å². The van der Waals surface area contributed by atoms with Gasteiger partial charge < -0.3 is 5.73 Å². The van der Waals surface area contributed by atoms with Crippen LogP contribution >= 0.6 is 0 Å². The summed E-state index contributed by atoms with van der Waals surface area (Å²) in [6.07, 6.45) is 8.85. The molecule has 0 aromatic rings. The highest BCUT2D eigenvalue weighted by Gasteiger charge is 2.08. The van der Waals surface area contributed by atoms with E-state index in [0.717, 1.165) is 18.7 Å². The van der Waals surface area contributed by atoms with E-state index >= 15 is 0 Å². The maximum Gasteiger partial charge on any atom is 0.0940 e. The van der Waals surface area contributed by atoms with Crippen LogP contribution in [0.25, 0.3) is 0 Å². The Hall–Kier alpha value is -0.790. The van der Waals surface area contributed by atoms with E-state index < -0.39 is 0 Å². The van der Waals surface area contributed by atoms with Crippen LogP contribution in [0.15, 0.2) is 17.6 Å². The Kier molecular flexibility index (Phi) is 3.85. The van der Waals surface area contributed by atoms with Crippen molar-refractivity contribution in [3.8, 4) is 0 Å². The minimum Gasteiger partial charge on any atom is -0.387 e. The molecule has 12 heavy (non-hydrogen) atoms. The first-order valence-corrected chi connectivity index (χ1v) is 4.76. The van der Waals surface area contributed by atoms with Gasteiger partial charge in [0.1, 0.15) is 0 Å². The third kappa shape index (κ3) is 3.07. The highest BCUT2D eigenvalue weighted by molar-refractivity contribution is 5.80. The van der Waals surface area contributed by atoms with Crippen molar-refractivity contribution in [1.82, 2.24) is 0 Å². The fourth-order valence-electron chi connectivity index (χ4n) is 1.59. The predicted molar refractivity (Wildman–Crippen MR) is 53.3 cm³/mol. The van der Waals surface area contributed by atoms with Crippen LogP contribution in [0.2, 0.25) is 0 Å². The average Bonchev–Trinajstić information content (AvgIpc) is 2.00. The summed E-state index contributed by atoms with van der Waals surface area (Å²) >= 11 is 0. The van der Waals surface area contributed by atoms with Gasteiger partial charge in [-0.15, -0.1) is 6.58 Å². The molecular formula is C10H18N2. The molecule has 2 heteroatoms. The van der Waals surface area contributed by atoms with Crippen LogP contribution in [0.1, 0.15) is 38.5 Å². The molecule has 0 saturated heterocycles. The van der Waals surface area contributed by atoms with Gasteiger partial charge in [-0.3, -0.25) is 4.99 Å². The van der Waals surface area contributed by atoms with Crippen LogP contribution in [-0.4, -0.2) is 11.9 Å². The number of nitrogens with two attached hydrogens (primary N) is 1. The molecule has 1 heterocycles. The van der Waals surface area contributed by atoms with Gasteiger partial charge in [0.05, 0.1) is 11.9 Å². The highest BCUT2D eigenvalue weighted by atomic mass is 14.9. The number of aliphatic imine (C=N–C) groups is 1. The van der Waals surface area contributed by atoms with Crippen molar-refractivity contribution >= 4 is 5.84 Å². The van der Waals surface area contributed by atoms with Gasteiger partial charge >= 0.3 is 0 Å². The van der Waals surface area contributed by atoms with Gasteiger partial charge in [0.25, 0.3) is 0 Å². The van der Waals surface area contributed by atoms with E-state index in [1.165, 1.54) is 25.7 Å². The topological polar surface area (TPSA) is 38.4 Å². The minimum absolute atomic E-state index is 0.405. The summed E-state index contributed by atoms with van der Waals surface area (Å²) in [5.74, 6) is 0.835. The zero-order chi connectivity index (χ0) is 8.81. The lowest BCUT2D eigenvalue weighted by Gasteiger charge is -2.14. The maximum atomic E-state index is 5.74. The van der Waals surface area contributed by atoms with E-state index in [-0.39, 0.29) is 0 Å². The first-order valence-electron chi connectivity index (χ1n) is 4.76. The SMILES string of the molecule is C=CCC1CCCCCC(N)=N1. The monoisotopic (exact) mass is 166 g/mol. The van der Waals surface area contributed by atoms with E-state index in [4.69, 9.17) is 5.73 Å². The quantitative estimate of drug-likeness (QED) is 0.628. The Bertz CT molecular complexity index is 173. The molecule has 0 amide bonds. The number of rotatable bonds is 2. The molecule has 1 unspecified atom stereocenters. The fraction of sp³-hybridized carbons (Fsp3) is 0.700. The Labute approximate surface area is 74.6 Å². The molecule has 0 fully saturated rings. The normalized spacial score (nSPS) is 25.3. The van der Waals surface area contributed by atoms with Crippen LogP contribution in [0.3, 0.4) is 0 Å². The van der Waals surface area contributed by atoms with Crippen LogP contribution in [0.5, 0.6) is 0 Å². The van der Waals surface area contributed by atoms with E-state index in [1.54, 1.807) is 0 Å². The van der Waals surface area contributed by atoms with Crippen LogP contribution in [-0.2, 0) is 0 Å². The molecule has 1 aliphatic rings. The van der Waals surface area contributed by atoms with Crippen molar-refractivity contribution in [3.05, 3.63) is 12.7 Å². The first-order chi connectivity index (χ1) is 5.83. The van der Waals surface area contributed by atoms with E-state index in [0.29, 0.717) is 6.04 Å². The third-order valence-electron chi connectivity index (χ3n) is 2.26. The summed E-state index contributed by atoms with van der Waals surface area (Å²) in [6, 6.07) is 0.405. The lowest BCUT2D eigenvalue weighted by Crippen LogP contribution is -2.18. The molecule has 1 atom stereocenters. The Balaban J connectivity index is 2.50. The zero-order valence-corrected chi connectivity index (χ0v) is 7.63. The molecule has 0 aromatic heterocycles. The van der Waals surface area contributed by atoms with Crippen molar-refractivity contribution in [2.24, 2.45) is 10.7 Å². The molecule has 0 spiro atoms. The second kappa shape index (κ2) is 4.96. The standard InChI is InChI=1S/C10H18N2/c1-2-6-9-7-4-3-5-8-10(11)12-9/h2,9H,1,3-8H2,(H2,11,12). The van der Waals surface area contributed by atoms with E-state index in [1.807, 2.05) is 6.08 Å². The summed E-state index contributed by atoms with van der Waals surface area (Å²) in [6.45, 7) is 3.72. The molecular weight excluding hydrogens is 148 g/mol. The lowest BCUT2D eigenvalue weighted by atomic mass is 10.0. The van der Waals surface area contributed by atoms with Gasteiger partial charge in [-0.05, 0) is 19.3 Å². The highest BCUT2D eigenvalue weighted by Crippen LogP contribution is 2.15. The Morgan fingerprint density at radius 3 is 3.08 bits per heavy atom. The summed E-state index contributed by atoms with van der Waals surface area (Å²) < 4.78 is 0. The molecule has 1 aliphatic heterocycles. The number of amidine groups is 1. The van der Waals surface area contributed by atoms with Crippen molar-refractivity contribution in [2.75, 3.05) is 0 Å². The van der Waals surface area contributed by atoms with Gasteiger partial charge in [0, 0.05) is 6.42 Å². The van der Waals surface area contributed by atoms with Gasteiger partial charge in [0.2, 0.25) is 0 Å². The molecule has 0 aliphatic carbocycles. The second-order valence-electron chi connectivity index (χ2n) is 3.40. The number of nitrogens with zero attached hydrogens (tertiary/aromatic N) is 1. The molecule has 2 N–H and O–H groups in total. The summed E-state index contributed by atoms with van der Waals surface area (Å²) in [5, 5.41) is 0. The average molecular weight is 166 g/mol. The molecule has 0 bridgehead atoms. The van der Waals surface area contributed by atoms with Gasteiger partial charge in [-0.25, -0.2) is 0 Å². The Morgan fingerprint density at radius 2 is 2.33 bits per heavy atom. The minimum atomic E-state index is 0.405. The second-order valence-corrected chi connectivity index (χ2v) is 3.40. The van der Waals surface area contributed by atoms with Crippen molar-refractivity contribution in [3.63, 3.8) is 0 Å². The van der Waals surface area contributed by atoms with Crippen molar-refractivity contribution in [2.45, 2.75) is 44.6 Å². The Morgan fingerprint density at radius 1 is 1.50 bits per heavy atom. The number of hydrogen-bond donors (Lipinski definition) is 1.